The van der Waals surface area contributed by atoms with Gasteiger partial charge in [-0.2, -0.15) is 15.5 Å². The molecule has 134 valence electrons. The number of hydrazone groups is 2. The normalized spacial score (nSPS) is 10.1. The summed E-state index contributed by atoms with van der Waals surface area (Å²) in [5, 5.41) is 24.7. The molecule has 0 radical (unpaired) electrons. The Kier molecular flexibility index (Phi) is 7.36. The first kappa shape index (κ1) is 19.0. The second-order valence-electron chi connectivity index (χ2n) is 4.78. The average molecular weight is 362 g/mol. The zero-order chi connectivity index (χ0) is 19.3. The van der Waals surface area contributed by atoms with Gasteiger partial charge in [-0.05, 0) is 24.3 Å². The van der Waals surface area contributed by atoms with Gasteiger partial charge in [0.25, 0.3) is 6.26 Å². The molecular weight excluding hydrogens is 348 g/mol. The molecule has 0 aliphatic rings. The van der Waals surface area contributed by atoms with Crippen LogP contribution in [0.2, 0.25) is 0 Å². The third-order valence-corrected chi connectivity index (χ3v) is 3.03. The molecule has 2 aromatic carbocycles. The van der Waals surface area contributed by atoms with Gasteiger partial charge in [0.15, 0.2) is 12.4 Å². The Hall–Kier alpha value is -4.37. The summed E-state index contributed by atoms with van der Waals surface area (Å²) in [4.78, 5) is 11.7. The van der Waals surface area contributed by atoms with Crippen LogP contribution in [-0.2, 0) is 0 Å². The summed E-state index contributed by atoms with van der Waals surface area (Å²) in [6.45, 7) is -0.0928. The Morgan fingerprint density at radius 3 is 2.11 bits per heavy atom. The van der Waals surface area contributed by atoms with Crippen molar-refractivity contribution in [3.63, 3.8) is 0 Å². The minimum absolute atomic E-state index is 0.0928. The van der Waals surface area contributed by atoms with Crippen LogP contribution < -0.4 is 20.3 Å². The van der Waals surface area contributed by atoms with Gasteiger partial charge in [0.05, 0.1) is 12.4 Å². The standard InChI is InChI=1S/C18H14N6O3/c19-9-10-26-16-7-3-1-5-14(16)11-21-23-18(25)24-22-12-15-6-2-4-8-17(15)27-13-20/h1-8,11-12H,10H2,(H2,23,24,25)/b21-11+,22-12-. The van der Waals surface area contributed by atoms with Gasteiger partial charge in [0.1, 0.15) is 11.8 Å². The zero-order valence-corrected chi connectivity index (χ0v) is 14.0. The lowest BCUT2D eigenvalue weighted by Gasteiger charge is -2.04. The molecule has 0 unspecified atom stereocenters. The van der Waals surface area contributed by atoms with E-state index in [0.29, 0.717) is 22.6 Å². The number of urea groups is 1. The van der Waals surface area contributed by atoms with Gasteiger partial charge in [0.2, 0.25) is 0 Å². The van der Waals surface area contributed by atoms with Gasteiger partial charge in [0, 0.05) is 11.1 Å². The topological polar surface area (TPSA) is 132 Å². The first-order valence-electron chi connectivity index (χ1n) is 7.60. The fourth-order valence-corrected chi connectivity index (χ4v) is 1.90. The van der Waals surface area contributed by atoms with Crippen molar-refractivity contribution in [2.24, 2.45) is 10.2 Å². The molecule has 2 aromatic rings. The molecule has 2 rings (SSSR count). The number of carbonyl (C=O) groups excluding carboxylic acids is 1. The van der Waals surface area contributed by atoms with Crippen molar-refractivity contribution < 1.29 is 14.3 Å². The van der Waals surface area contributed by atoms with Crippen LogP contribution in [0, 0.1) is 22.8 Å². The monoisotopic (exact) mass is 362 g/mol. The van der Waals surface area contributed by atoms with Gasteiger partial charge in [-0.25, -0.2) is 15.6 Å². The van der Waals surface area contributed by atoms with E-state index in [0.717, 1.165) is 0 Å². The molecule has 27 heavy (non-hydrogen) atoms. The Morgan fingerprint density at radius 1 is 0.963 bits per heavy atom. The van der Waals surface area contributed by atoms with Gasteiger partial charge in [-0.3, -0.25) is 0 Å². The highest BCUT2D eigenvalue weighted by Gasteiger charge is 2.02. The molecule has 0 bridgehead atoms. The minimum atomic E-state index is -0.670. The van der Waals surface area contributed by atoms with E-state index in [1.165, 1.54) is 12.4 Å². The quantitative estimate of drug-likeness (QED) is 0.442. The Morgan fingerprint density at radius 2 is 1.52 bits per heavy atom. The largest absolute Gasteiger partial charge is 0.478 e. The Labute approximate surface area is 155 Å². The predicted octanol–water partition coefficient (Wildman–Crippen LogP) is 2.12. The van der Waals surface area contributed by atoms with E-state index in [2.05, 4.69) is 21.1 Å². The number of carbonyl (C=O) groups is 1. The molecule has 0 aromatic heterocycles. The van der Waals surface area contributed by atoms with Crippen LogP contribution in [0.25, 0.3) is 0 Å². The molecular formula is C18H14N6O3. The molecule has 0 aliphatic heterocycles. The van der Waals surface area contributed by atoms with Crippen LogP contribution in [0.3, 0.4) is 0 Å². The highest BCUT2D eigenvalue weighted by atomic mass is 16.5. The van der Waals surface area contributed by atoms with Crippen molar-refractivity contribution in [1.82, 2.24) is 10.9 Å². The number of rotatable bonds is 7. The lowest BCUT2D eigenvalue weighted by molar-refractivity contribution is 0.242. The van der Waals surface area contributed by atoms with Gasteiger partial charge in [-0.1, -0.05) is 24.3 Å². The first-order valence-corrected chi connectivity index (χ1v) is 7.60. The Bertz CT molecular complexity index is 927. The van der Waals surface area contributed by atoms with Crippen LogP contribution in [0.4, 0.5) is 4.79 Å². The molecule has 0 saturated carbocycles. The lowest BCUT2D eigenvalue weighted by atomic mass is 10.2. The number of nitriles is 2. The van der Waals surface area contributed by atoms with Crippen molar-refractivity contribution in [2.75, 3.05) is 6.61 Å². The summed E-state index contributed by atoms with van der Waals surface area (Å²) < 4.78 is 10.0. The number of nitrogens with zero attached hydrogens (tertiary/aromatic N) is 4. The van der Waals surface area contributed by atoms with Crippen LogP contribution in [-0.4, -0.2) is 25.1 Å². The summed E-state index contributed by atoms with van der Waals surface area (Å²) in [7, 11) is 0. The number of amides is 2. The molecule has 2 amide bonds. The molecule has 0 atom stereocenters. The molecule has 0 aliphatic carbocycles. The van der Waals surface area contributed by atoms with Crippen molar-refractivity contribution in [3.8, 4) is 23.8 Å². The fraction of sp³-hybridized carbons (Fsp3) is 0.0556. The number of nitrogens with one attached hydrogen (secondary N) is 2. The third-order valence-electron chi connectivity index (χ3n) is 3.03. The smallest absolute Gasteiger partial charge is 0.355 e. The second kappa shape index (κ2) is 10.5. The maximum Gasteiger partial charge on any atom is 0.355 e. The highest BCUT2D eigenvalue weighted by Crippen LogP contribution is 2.16. The van der Waals surface area contributed by atoms with E-state index >= 15 is 0 Å². The number of ether oxygens (including phenoxy) is 2. The molecule has 0 heterocycles. The van der Waals surface area contributed by atoms with Crippen molar-refractivity contribution in [2.45, 2.75) is 0 Å². The second-order valence-corrected chi connectivity index (χ2v) is 4.78. The molecule has 0 saturated heterocycles. The van der Waals surface area contributed by atoms with E-state index in [9.17, 15) is 4.79 Å². The minimum Gasteiger partial charge on any atom is -0.478 e. The van der Waals surface area contributed by atoms with Crippen LogP contribution in [0.15, 0.2) is 58.7 Å². The molecule has 0 spiro atoms. The molecule has 2 N–H and O–H groups in total. The fourth-order valence-electron chi connectivity index (χ4n) is 1.90. The number of hydrogen-bond donors (Lipinski definition) is 2. The molecule has 0 fully saturated rings. The van der Waals surface area contributed by atoms with Crippen LogP contribution >= 0.6 is 0 Å². The molecule has 9 nitrogen and oxygen atoms in total. The van der Waals surface area contributed by atoms with E-state index in [-0.39, 0.29) is 6.61 Å². The predicted molar refractivity (Wildman–Crippen MR) is 97.1 cm³/mol. The highest BCUT2D eigenvalue weighted by molar-refractivity contribution is 5.86. The maximum absolute atomic E-state index is 11.7. The average Bonchev–Trinajstić information content (AvgIpc) is 2.69. The van der Waals surface area contributed by atoms with Gasteiger partial charge >= 0.3 is 6.03 Å². The number of benzene rings is 2. The van der Waals surface area contributed by atoms with E-state index < -0.39 is 6.03 Å². The first-order chi connectivity index (χ1) is 13.2. The van der Waals surface area contributed by atoms with E-state index in [4.69, 9.17) is 20.0 Å². The summed E-state index contributed by atoms with van der Waals surface area (Å²) in [5.74, 6) is 0.787. The van der Waals surface area contributed by atoms with E-state index in [1.807, 2.05) is 6.07 Å². The lowest BCUT2D eigenvalue weighted by Crippen LogP contribution is -2.28. The van der Waals surface area contributed by atoms with Crippen molar-refractivity contribution in [1.29, 1.82) is 10.5 Å². The van der Waals surface area contributed by atoms with Gasteiger partial charge in [-0.15, -0.1) is 5.26 Å². The Balaban J connectivity index is 1.89. The van der Waals surface area contributed by atoms with Crippen molar-refractivity contribution >= 4 is 18.5 Å². The summed E-state index contributed by atoms with van der Waals surface area (Å²) in [6, 6.07) is 14.9. The summed E-state index contributed by atoms with van der Waals surface area (Å²) in [6.07, 6.45) is 4.29. The van der Waals surface area contributed by atoms with Crippen LogP contribution in [0.5, 0.6) is 11.5 Å². The maximum atomic E-state index is 11.7. The number of para-hydroxylation sites is 2. The van der Waals surface area contributed by atoms with Crippen LogP contribution in [0.1, 0.15) is 11.1 Å². The van der Waals surface area contributed by atoms with Gasteiger partial charge < -0.3 is 9.47 Å². The number of hydrogen-bond acceptors (Lipinski definition) is 7. The summed E-state index contributed by atoms with van der Waals surface area (Å²) >= 11 is 0. The summed E-state index contributed by atoms with van der Waals surface area (Å²) in [5.41, 5.74) is 5.59. The molecule has 9 heteroatoms. The third kappa shape index (κ3) is 6.21. The zero-order valence-electron chi connectivity index (χ0n) is 14.0. The SMILES string of the molecule is N#CCOc1ccccc1/C=N/NC(=O)N/N=C\c1ccccc1OC#N. The van der Waals surface area contributed by atoms with E-state index in [1.54, 1.807) is 54.8 Å². The van der Waals surface area contributed by atoms with Crippen molar-refractivity contribution in [3.05, 3.63) is 59.7 Å².